The lowest BCUT2D eigenvalue weighted by molar-refractivity contribution is -0.117. The second kappa shape index (κ2) is 9.63. The number of aryl methyl sites for hydroxylation is 1. The first kappa shape index (κ1) is 25.2. The van der Waals surface area contributed by atoms with Crippen molar-refractivity contribution < 1.29 is 9.59 Å². The lowest BCUT2D eigenvalue weighted by atomic mass is 10.0. The fraction of sp³-hybridized carbons (Fsp3) is 0.385. The molecular formula is C26H24Cl4N2O2. The van der Waals surface area contributed by atoms with E-state index in [0.717, 1.165) is 36.0 Å². The molecule has 8 heteroatoms. The van der Waals surface area contributed by atoms with Crippen LogP contribution in [0.2, 0.25) is 10.0 Å². The number of carbonyl (C=O) groups is 2. The van der Waals surface area contributed by atoms with E-state index in [4.69, 9.17) is 52.8 Å². The number of terminal acetylenes is 1. The maximum atomic E-state index is 13.1. The second-order valence-electron chi connectivity index (χ2n) is 9.11. The molecule has 0 bridgehead atoms. The van der Waals surface area contributed by atoms with E-state index >= 15 is 0 Å². The van der Waals surface area contributed by atoms with E-state index in [2.05, 4.69) is 16.6 Å². The lowest BCUT2D eigenvalue weighted by Gasteiger charge is -2.14. The lowest BCUT2D eigenvalue weighted by Crippen LogP contribution is -2.33. The maximum absolute atomic E-state index is 13.1. The van der Waals surface area contributed by atoms with Gasteiger partial charge in [-0.3, -0.25) is 9.59 Å². The quantitative estimate of drug-likeness (QED) is 0.330. The molecule has 4 rings (SSSR count). The monoisotopic (exact) mass is 536 g/mol. The van der Waals surface area contributed by atoms with E-state index in [-0.39, 0.29) is 29.3 Å². The molecule has 0 spiro atoms. The Kier molecular flexibility index (Phi) is 7.14. The normalized spacial score (nSPS) is 24.9. The van der Waals surface area contributed by atoms with Gasteiger partial charge in [0.2, 0.25) is 5.91 Å². The number of anilines is 1. The van der Waals surface area contributed by atoms with Crippen LogP contribution in [-0.4, -0.2) is 22.2 Å². The van der Waals surface area contributed by atoms with Crippen molar-refractivity contribution >= 4 is 63.9 Å². The number of amides is 2. The summed E-state index contributed by atoms with van der Waals surface area (Å²) in [7, 11) is 0. The van der Waals surface area contributed by atoms with Crippen LogP contribution < -0.4 is 10.6 Å². The first-order valence-corrected chi connectivity index (χ1v) is 12.6. The minimum Gasteiger partial charge on any atom is -0.349 e. The van der Waals surface area contributed by atoms with Gasteiger partial charge in [0.15, 0.2) is 0 Å². The molecule has 0 aromatic heterocycles. The molecule has 34 heavy (non-hydrogen) atoms. The third-order valence-corrected chi connectivity index (χ3v) is 8.47. The summed E-state index contributed by atoms with van der Waals surface area (Å²) in [6.45, 7) is 3.88. The summed E-state index contributed by atoms with van der Waals surface area (Å²) in [5, 5.41) is 6.71. The highest BCUT2D eigenvalue weighted by atomic mass is 35.5. The third-order valence-electron chi connectivity index (χ3n) is 6.80. The average Bonchev–Trinajstić information content (AvgIpc) is 3.11. The Morgan fingerprint density at radius 2 is 1.82 bits per heavy atom. The summed E-state index contributed by atoms with van der Waals surface area (Å²) in [4.78, 5) is 25.9. The number of benzene rings is 2. The molecule has 4 atom stereocenters. The highest BCUT2D eigenvalue weighted by molar-refractivity contribution is 6.53. The Hall–Kier alpha value is -1.90. The van der Waals surface area contributed by atoms with Crippen molar-refractivity contribution in [1.29, 1.82) is 0 Å². The summed E-state index contributed by atoms with van der Waals surface area (Å²) in [6.07, 6.45) is 7.96. The van der Waals surface area contributed by atoms with Crippen molar-refractivity contribution in [3.63, 3.8) is 0 Å². The number of nitrogens with one attached hydrogen (secondary N) is 2. The van der Waals surface area contributed by atoms with Crippen molar-refractivity contribution in [2.24, 2.45) is 11.8 Å². The molecule has 2 aromatic rings. The molecule has 2 saturated carbocycles. The number of hydrogen-bond acceptors (Lipinski definition) is 2. The molecular weight excluding hydrogens is 514 g/mol. The zero-order valence-electron chi connectivity index (χ0n) is 18.7. The molecule has 4 unspecified atom stereocenters. The Morgan fingerprint density at radius 1 is 1.09 bits per heavy atom. The van der Waals surface area contributed by atoms with Crippen LogP contribution in [0.4, 0.5) is 5.69 Å². The molecule has 2 N–H and O–H groups in total. The van der Waals surface area contributed by atoms with Crippen LogP contribution in [0.3, 0.4) is 0 Å². The van der Waals surface area contributed by atoms with Gasteiger partial charge in [0.25, 0.3) is 5.91 Å². The van der Waals surface area contributed by atoms with Crippen molar-refractivity contribution in [2.45, 2.75) is 49.4 Å². The Bertz CT molecular complexity index is 1180. The molecule has 178 valence electrons. The summed E-state index contributed by atoms with van der Waals surface area (Å²) < 4.78 is -1.25. The van der Waals surface area contributed by atoms with Gasteiger partial charge in [0.05, 0.1) is 16.5 Å². The summed E-state index contributed by atoms with van der Waals surface area (Å²) >= 11 is 25.6. The van der Waals surface area contributed by atoms with Crippen molar-refractivity contribution in [2.75, 3.05) is 5.32 Å². The third kappa shape index (κ3) is 4.90. The maximum Gasteiger partial charge on any atom is 0.253 e. The van der Waals surface area contributed by atoms with Gasteiger partial charge in [-0.15, -0.1) is 35.5 Å². The van der Waals surface area contributed by atoms with Crippen LogP contribution in [0.25, 0.3) is 0 Å². The predicted octanol–water partition coefficient (Wildman–Crippen LogP) is 6.67. The minimum atomic E-state index is -1.25. The van der Waals surface area contributed by atoms with Crippen LogP contribution in [0.15, 0.2) is 30.3 Å². The van der Waals surface area contributed by atoms with Crippen LogP contribution in [0.5, 0.6) is 0 Å². The second-order valence-corrected chi connectivity index (χ2v) is 11.4. The van der Waals surface area contributed by atoms with Crippen molar-refractivity contribution in [1.82, 2.24) is 5.32 Å². The van der Waals surface area contributed by atoms with E-state index < -0.39 is 16.2 Å². The SMILES string of the molecule is C#CC1CCC(NC(=O)c2cc(NC(=O)C3C(c4cc(C)c(C)c(Cl)c4)C3(Cl)Cl)ccc2Cl)C1. The molecule has 2 aliphatic rings. The Balaban J connectivity index is 1.47. The van der Waals surface area contributed by atoms with Crippen LogP contribution >= 0.6 is 46.4 Å². The van der Waals surface area contributed by atoms with Gasteiger partial charge in [-0.1, -0.05) is 29.3 Å². The molecule has 2 aromatic carbocycles. The van der Waals surface area contributed by atoms with Gasteiger partial charge in [-0.2, -0.15) is 0 Å². The molecule has 2 aliphatic carbocycles. The molecule has 0 heterocycles. The highest BCUT2D eigenvalue weighted by Crippen LogP contribution is 2.65. The van der Waals surface area contributed by atoms with Crippen LogP contribution in [-0.2, 0) is 4.79 Å². The number of rotatable bonds is 5. The summed E-state index contributed by atoms with van der Waals surface area (Å²) in [5.74, 6) is 1.21. The van der Waals surface area contributed by atoms with Crippen molar-refractivity contribution in [3.05, 3.63) is 62.6 Å². The van der Waals surface area contributed by atoms with Gasteiger partial charge in [-0.05, 0) is 74.1 Å². The molecule has 0 aliphatic heterocycles. The summed E-state index contributed by atoms with van der Waals surface area (Å²) in [6, 6.07) is 8.53. The smallest absolute Gasteiger partial charge is 0.253 e. The summed E-state index contributed by atoms with van der Waals surface area (Å²) in [5.41, 5.74) is 3.50. The standard InChI is InChI=1S/C26H24Cl4N2O2/c1-4-15-5-6-17(10-15)31-24(33)19-12-18(7-8-20(19)27)32-25(34)23-22(26(23,29)30)16-9-13(2)14(3)21(28)11-16/h1,7-9,11-12,15,17,22-23H,5-6,10H2,2-3H3,(H,31,33)(H,32,34). The van der Waals surface area contributed by atoms with Gasteiger partial charge in [-0.25, -0.2) is 0 Å². The van der Waals surface area contributed by atoms with E-state index in [1.807, 2.05) is 19.9 Å². The minimum absolute atomic E-state index is 0.00740. The number of alkyl halides is 2. The fourth-order valence-corrected chi connectivity index (χ4v) is 5.92. The topological polar surface area (TPSA) is 58.2 Å². The number of halogens is 4. The first-order chi connectivity index (χ1) is 16.0. The molecule has 4 nitrogen and oxygen atoms in total. The fourth-order valence-electron chi connectivity index (χ4n) is 4.61. The van der Waals surface area contributed by atoms with E-state index in [0.29, 0.717) is 15.7 Å². The van der Waals surface area contributed by atoms with E-state index in [1.165, 1.54) is 0 Å². The van der Waals surface area contributed by atoms with E-state index in [1.54, 1.807) is 24.3 Å². The average molecular weight is 538 g/mol. The van der Waals surface area contributed by atoms with Gasteiger partial charge in [0, 0.05) is 28.6 Å². The Morgan fingerprint density at radius 3 is 2.47 bits per heavy atom. The number of hydrogen-bond donors (Lipinski definition) is 2. The van der Waals surface area contributed by atoms with Crippen LogP contribution in [0.1, 0.15) is 52.2 Å². The zero-order valence-corrected chi connectivity index (χ0v) is 21.7. The molecule has 2 fully saturated rings. The molecule has 0 saturated heterocycles. The van der Waals surface area contributed by atoms with Crippen LogP contribution in [0, 0.1) is 38.0 Å². The largest absolute Gasteiger partial charge is 0.349 e. The van der Waals surface area contributed by atoms with Gasteiger partial charge in [0.1, 0.15) is 4.33 Å². The highest BCUT2D eigenvalue weighted by Gasteiger charge is 2.67. The molecule has 0 radical (unpaired) electrons. The first-order valence-electron chi connectivity index (χ1n) is 11.0. The predicted molar refractivity (Wildman–Crippen MR) is 139 cm³/mol. The van der Waals surface area contributed by atoms with Gasteiger partial charge < -0.3 is 10.6 Å². The van der Waals surface area contributed by atoms with Crippen molar-refractivity contribution in [3.8, 4) is 12.3 Å². The zero-order chi connectivity index (χ0) is 24.8. The van der Waals surface area contributed by atoms with E-state index in [9.17, 15) is 9.59 Å². The Labute approximate surface area is 219 Å². The number of carbonyl (C=O) groups excluding carboxylic acids is 2. The van der Waals surface area contributed by atoms with Gasteiger partial charge >= 0.3 is 0 Å². The molecule has 2 amide bonds.